The minimum Gasteiger partial charge on any atom is -0.454 e. The number of hydrogen-bond acceptors (Lipinski definition) is 1. The van der Waals surface area contributed by atoms with Crippen LogP contribution in [0.4, 0.5) is 0 Å². The smallest absolute Gasteiger partial charge is 0.151 e. The second-order valence-corrected chi connectivity index (χ2v) is 8.11. The number of nitrogens with one attached hydrogen (secondary N) is 1. The van der Waals surface area contributed by atoms with E-state index in [4.69, 9.17) is 16.0 Å². The van der Waals surface area contributed by atoms with E-state index < -0.39 is 0 Å². The average molecular weight is 356 g/mol. The molecule has 4 heteroatoms. The van der Waals surface area contributed by atoms with E-state index in [0.29, 0.717) is 14.1 Å². The third kappa shape index (κ3) is 2.81. The summed E-state index contributed by atoms with van der Waals surface area (Å²) in [5.41, 5.74) is 3.46. The maximum absolute atomic E-state index is 6.22. The van der Waals surface area contributed by atoms with Crippen LogP contribution >= 0.6 is 19.8 Å². The van der Waals surface area contributed by atoms with E-state index in [2.05, 4.69) is 48.9 Å². The van der Waals surface area contributed by atoms with Crippen LogP contribution in [-0.2, 0) is 6.42 Å². The van der Waals surface area contributed by atoms with Crippen molar-refractivity contribution in [3.05, 3.63) is 58.8 Å². The Balaban J connectivity index is 1.86. The number of aromatic nitrogens is 1. The van der Waals surface area contributed by atoms with Gasteiger partial charge in [0.2, 0.25) is 0 Å². The van der Waals surface area contributed by atoms with Gasteiger partial charge in [0.25, 0.3) is 0 Å². The van der Waals surface area contributed by atoms with Gasteiger partial charge in [-0.25, -0.2) is 0 Å². The first-order chi connectivity index (χ1) is 11.6. The second-order valence-electron chi connectivity index (χ2n) is 6.51. The molecular formula is C20H19ClNOP. The van der Waals surface area contributed by atoms with Crippen molar-refractivity contribution in [3.8, 4) is 22.5 Å². The van der Waals surface area contributed by atoms with E-state index in [9.17, 15) is 0 Å². The van der Waals surface area contributed by atoms with Gasteiger partial charge in [0, 0.05) is 21.2 Å². The Kier molecular flexibility index (Phi) is 4.04. The number of rotatable bonds is 4. The minimum atomic E-state index is 0.555. The average Bonchev–Trinajstić information content (AvgIpc) is 3.25. The zero-order valence-corrected chi connectivity index (χ0v) is 15.4. The van der Waals surface area contributed by atoms with Gasteiger partial charge in [0.15, 0.2) is 5.76 Å². The standard InChI is InChI=1S/C20H19ClNOP/c1-12(2)10-15-14-11-13(21)5-6-16(14)22-20(15)18-8-7-17(23-18)19-4-3-9-24-19/h3-9,11-12,22,24H,10H2,1-2H3. The van der Waals surface area contributed by atoms with Crippen LogP contribution in [0.2, 0.25) is 5.02 Å². The number of benzene rings is 1. The Morgan fingerprint density at radius 2 is 1.96 bits per heavy atom. The summed E-state index contributed by atoms with van der Waals surface area (Å²) < 4.78 is 6.17. The van der Waals surface area contributed by atoms with Gasteiger partial charge < -0.3 is 9.40 Å². The van der Waals surface area contributed by atoms with Crippen LogP contribution in [0.15, 0.2) is 52.7 Å². The third-order valence-corrected chi connectivity index (χ3v) is 5.51. The fourth-order valence-corrected chi connectivity index (χ4v) is 4.16. The van der Waals surface area contributed by atoms with E-state index in [1.807, 2.05) is 18.2 Å². The SMILES string of the molecule is CC(C)Cc1c(-c2ccc(-c3ccc[pH]3)o2)[nH]c2ccc(Cl)cc12. The van der Waals surface area contributed by atoms with Crippen molar-refractivity contribution in [1.82, 2.24) is 4.98 Å². The Morgan fingerprint density at radius 1 is 1.12 bits per heavy atom. The number of fused-ring (bicyclic) bond motifs is 1. The van der Waals surface area contributed by atoms with Crippen molar-refractivity contribution in [2.45, 2.75) is 20.3 Å². The summed E-state index contributed by atoms with van der Waals surface area (Å²) in [6.45, 7) is 4.47. The van der Waals surface area contributed by atoms with Gasteiger partial charge >= 0.3 is 0 Å². The summed E-state index contributed by atoms with van der Waals surface area (Å²) in [7, 11) is 0.690. The van der Waals surface area contributed by atoms with Crippen LogP contribution in [0.3, 0.4) is 0 Å². The van der Waals surface area contributed by atoms with Crippen molar-refractivity contribution in [2.75, 3.05) is 0 Å². The molecule has 3 aromatic heterocycles. The summed E-state index contributed by atoms with van der Waals surface area (Å²) in [6.07, 6.45) is 0.984. The first-order valence-corrected chi connectivity index (χ1v) is 9.61. The molecule has 4 rings (SSSR count). The van der Waals surface area contributed by atoms with Crippen LogP contribution in [0, 0.1) is 5.92 Å². The van der Waals surface area contributed by atoms with Crippen LogP contribution in [0.1, 0.15) is 19.4 Å². The lowest BCUT2D eigenvalue weighted by Crippen LogP contribution is -1.95. The normalized spacial score (nSPS) is 12.0. The highest BCUT2D eigenvalue weighted by atomic mass is 35.5. The zero-order valence-electron chi connectivity index (χ0n) is 13.7. The topological polar surface area (TPSA) is 28.9 Å². The highest BCUT2D eigenvalue weighted by Gasteiger charge is 2.17. The van der Waals surface area contributed by atoms with Gasteiger partial charge in [0.05, 0.1) is 5.69 Å². The Bertz CT molecular complexity index is 979. The van der Waals surface area contributed by atoms with Crippen molar-refractivity contribution in [1.29, 1.82) is 0 Å². The highest BCUT2D eigenvalue weighted by Crippen LogP contribution is 2.37. The van der Waals surface area contributed by atoms with Gasteiger partial charge in [-0.1, -0.05) is 31.5 Å². The summed E-state index contributed by atoms with van der Waals surface area (Å²) in [5, 5.41) is 3.21. The van der Waals surface area contributed by atoms with Gasteiger partial charge in [0.1, 0.15) is 5.76 Å². The predicted octanol–water partition coefficient (Wildman–Crippen LogP) is 6.98. The lowest BCUT2D eigenvalue weighted by Gasteiger charge is -2.06. The molecule has 24 heavy (non-hydrogen) atoms. The Hall–Kier alpha value is -1.89. The molecule has 1 atom stereocenters. The molecule has 0 bridgehead atoms. The number of H-pyrrole nitrogens is 1. The van der Waals surface area contributed by atoms with E-state index in [0.717, 1.165) is 34.2 Å². The van der Waals surface area contributed by atoms with E-state index in [1.165, 1.54) is 16.2 Å². The Labute approximate surface area is 147 Å². The molecule has 1 unspecified atom stereocenters. The van der Waals surface area contributed by atoms with Crippen LogP contribution in [0.25, 0.3) is 33.4 Å². The molecule has 0 fully saturated rings. The Morgan fingerprint density at radius 3 is 2.71 bits per heavy atom. The third-order valence-electron chi connectivity index (χ3n) is 4.20. The molecule has 0 saturated heterocycles. The molecule has 122 valence electrons. The number of aromatic amines is 1. The molecule has 0 radical (unpaired) electrons. The van der Waals surface area contributed by atoms with Crippen LogP contribution < -0.4 is 0 Å². The zero-order chi connectivity index (χ0) is 16.7. The number of halogens is 1. The highest BCUT2D eigenvalue weighted by molar-refractivity contribution is 7.33. The maximum atomic E-state index is 6.22. The van der Waals surface area contributed by atoms with Crippen LogP contribution in [-0.4, -0.2) is 4.98 Å². The first-order valence-electron chi connectivity index (χ1n) is 8.16. The maximum Gasteiger partial charge on any atom is 0.151 e. The van der Waals surface area contributed by atoms with E-state index >= 15 is 0 Å². The molecule has 4 aromatic rings. The van der Waals surface area contributed by atoms with E-state index in [-0.39, 0.29) is 0 Å². The van der Waals surface area contributed by atoms with E-state index in [1.54, 1.807) is 0 Å². The summed E-state index contributed by atoms with van der Waals surface area (Å²) in [6, 6.07) is 14.4. The second kappa shape index (κ2) is 6.20. The van der Waals surface area contributed by atoms with Crippen LogP contribution in [0.5, 0.6) is 0 Å². The number of hydrogen-bond donors (Lipinski definition) is 1. The van der Waals surface area contributed by atoms with Gasteiger partial charge in [-0.3, -0.25) is 0 Å². The molecule has 3 heterocycles. The molecule has 0 aliphatic carbocycles. The summed E-state index contributed by atoms with van der Waals surface area (Å²) >= 11 is 6.22. The minimum absolute atomic E-state index is 0.555. The van der Waals surface area contributed by atoms with Gasteiger partial charge in [-0.15, -0.1) is 8.19 Å². The predicted molar refractivity (Wildman–Crippen MR) is 104 cm³/mol. The van der Waals surface area contributed by atoms with Crippen molar-refractivity contribution >= 4 is 30.7 Å². The van der Waals surface area contributed by atoms with Gasteiger partial charge in [-0.05, 0) is 60.1 Å². The van der Waals surface area contributed by atoms with Crippen molar-refractivity contribution in [3.63, 3.8) is 0 Å². The molecule has 1 N–H and O–H groups in total. The molecule has 2 nitrogen and oxygen atoms in total. The molecule has 0 spiro atoms. The molecule has 1 aromatic carbocycles. The van der Waals surface area contributed by atoms with Gasteiger partial charge in [-0.2, -0.15) is 0 Å². The first kappa shape index (κ1) is 15.6. The summed E-state index contributed by atoms with van der Waals surface area (Å²) in [5.74, 6) is 4.58. The number of furan rings is 1. The largest absolute Gasteiger partial charge is 0.454 e. The monoisotopic (exact) mass is 355 g/mol. The quantitative estimate of drug-likeness (QED) is 0.420. The summed E-state index contributed by atoms with van der Waals surface area (Å²) in [4.78, 5) is 3.53. The molecule has 0 amide bonds. The van der Waals surface area contributed by atoms with Crippen molar-refractivity contribution < 1.29 is 4.42 Å². The fraction of sp³-hybridized carbons (Fsp3) is 0.200. The molecule has 0 aliphatic rings. The molecule has 0 saturated carbocycles. The fourth-order valence-electron chi connectivity index (χ4n) is 3.15. The lowest BCUT2D eigenvalue weighted by atomic mass is 9.99. The molecule has 0 aliphatic heterocycles. The van der Waals surface area contributed by atoms with Crippen molar-refractivity contribution in [2.24, 2.45) is 5.92 Å². The lowest BCUT2D eigenvalue weighted by molar-refractivity contribution is 0.593. The molecular weight excluding hydrogens is 337 g/mol.